The van der Waals surface area contributed by atoms with E-state index in [4.69, 9.17) is 23.2 Å². The molecule has 0 radical (unpaired) electrons. The van der Waals surface area contributed by atoms with Gasteiger partial charge in [0, 0.05) is 42.1 Å². The van der Waals surface area contributed by atoms with Crippen LogP contribution in [-0.2, 0) is 9.59 Å². The Balaban J connectivity index is 1.69. The van der Waals surface area contributed by atoms with Gasteiger partial charge in [0.1, 0.15) is 5.70 Å². The molecule has 28 heavy (non-hydrogen) atoms. The number of carbonyl (C=O) groups excluding carboxylic acids is 2. The maximum absolute atomic E-state index is 12.7. The average molecular weight is 416 g/mol. The number of nitrogens with zero attached hydrogens (tertiary/aromatic N) is 2. The van der Waals surface area contributed by atoms with Gasteiger partial charge in [-0.3, -0.25) is 14.5 Å². The van der Waals surface area contributed by atoms with E-state index in [0.29, 0.717) is 15.6 Å². The van der Waals surface area contributed by atoms with E-state index < -0.39 is 11.8 Å². The number of carbonyl (C=O) groups is 2. The number of halogens is 2. The van der Waals surface area contributed by atoms with E-state index >= 15 is 0 Å². The van der Waals surface area contributed by atoms with E-state index in [2.05, 4.69) is 10.2 Å². The van der Waals surface area contributed by atoms with Gasteiger partial charge in [-0.1, -0.05) is 29.3 Å². The maximum Gasteiger partial charge on any atom is 0.277 e. The van der Waals surface area contributed by atoms with Crippen molar-refractivity contribution in [2.24, 2.45) is 0 Å². The van der Waals surface area contributed by atoms with Crippen LogP contribution in [0.4, 0.5) is 11.4 Å². The highest BCUT2D eigenvalue weighted by molar-refractivity contribution is 6.41. The highest BCUT2D eigenvalue weighted by atomic mass is 35.5. The van der Waals surface area contributed by atoms with Crippen molar-refractivity contribution in [3.8, 4) is 0 Å². The zero-order valence-electron chi connectivity index (χ0n) is 15.3. The summed E-state index contributed by atoms with van der Waals surface area (Å²) in [6.45, 7) is 2.13. The third kappa shape index (κ3) is 3.36. The van der Waals surface area contributed by atoms with Crippen molar-refractivity contribution in [2.45, 2.75) is 12.8 Å². The Morgan fingerprint density at radius 3 is 2.25 bits per heavy atom. The molecule has 0 unspecified atom stereocenters. The summed E-state index contributed by atoms with van der Waals surface area (Å²) in [5, 5.41) is 3.90. The number of anilines is 2. The monoisotopic (exact) mass is 415 g/mol. The molecule has 0 aliphatic carbocycles. The van der Waals surface area contributed by atoms with Crippen molar-refractivity contribution in [1.29, 1.82) is 0 Å². The minimum Gasteiger partial charge on any atom is -0.372 e. The molecule has 5 nitrogen and oxygen atoms in total. The van der Waals surface area contributed by atoms with Crippen LogP contribution in [0.15, 0.2) is 48.2 Å². The number of hydrogen-bond donors (Lipinski definition) is 1. The third-order valence-electron chi connectivity index (χ3n) is 5.10. The first-order chi connectivity index (χ1) is 13.5. The molecule has 0 spiro atoms. The quantitative estimate of drug-likeness (QED) is 0.750. The molecular weight excluding hydrogens is 397 g/mol. The Bertz CT molecular complexity index is 980. The molecule has 1 fully saturated rings. The summed E-state index contributed by atoms with van der Waals surface area (Å²) in [6, 6.07) is 12.7. The van der Waals surface area contributed by atoms with Gasteiger partial charge >= 0.3 is 0 Å². The number of rotatable bonds is 4. The SMILES string of the molecule is CN1C(=O)C(Nc2ccc(N3CCCC3)cc2)=C(c2ccc(Cl)cc2Cl)C1=O. The van der Waals surface area contributed by atoms with Gasteiger partial charge in [0.25, 0.3) is 11.8 Å². The van der Waals surface area contributed by atoms with E-state index in [0.717, 1.165) is 29.4 Å². The second kappa shape index (κ2) is 7.49. The largest absolute Gasteiger partial charge is 0.372 e. The molecule has 7 heteroatoms. The van der Waals surface area contributed by atoms with Crippen LogP contribution in [0.2, 0.25) is 10.0 Å². The van der Waals surface area contributed by atoms with Gasteiger partial charge < -0.3 is 10.2 Å². The van der Waals surface area contributed by atoms with E-state index in [-0.39, 0.29) is 11.3 Å². The van der Waals surface area contributed by atoms with Crippen LogP contribution in [0.3, 0.4) is 0 Å². The topological polar surface area (TPSA) is 52.7 Å². The first kappa shape index (κ1) is 18.8. The van der Waals surface area contributed by atoms with Crippen LogP contribution in [0.1, 0.15) is 18.4 Å². The predicted molar refractivity (Wildman–Crippen MR) is 113 cm³/mol. The van der Waals surface area contributed by atoms with Gasteiger partial charge in [-0.2, -0.15) is 0 Å². The van der Waals surface area contributed by atoms with Gasteiger partial charge in [-0.25, -0.2) is 0 Å². The normalized spacial score (nSPS) is 17.1. The summed E-state index contributed by atoms with van der Waals surface area (Å²) in [6.07, 6.45) is 2.42. The number of likely N-dealkylation sites (N-methyl/N-ethyl adjacent to an activating group) is 1. The molecule has 1 N–H and O–H groups in total. The summed E-state index contributed by atoms with van der Waals surface area (Å²) in [5.41, 5.74) is 2.83. The van der Waals surface area contributed by atoms with Crippen molar-refractivity contribution in [3.63, 3.8) is 0 Å². The van der Waals surface area contributed by atoms with Crippen LogP contribution in [0.5, 0.6) is 0 Å². The fraction of sp³-hybridized carbons (Fsp3) is 0.238. The lowest BCUT2D eigenvalue weighted by Crippen LogP contribution is -2.27. The molecule has 0 aromatic heterocycles. The van der Waals surface area contributed by atoms with Crippen LogP contribution >= 0.6 is 23.2 Å². The van der Waals surface area contributed by atoms with Crippen molar-refractivity contribution >= 4 is 52.0 Å². The third-order valence-corrected chi connectivity index (χ3v) is 5.64. The molecule has 2 aromatic carbocycles. The number of benzene rings is 2. The smallest absolute Gasteiger partial charge is 0.277 e. The van der Waals surface area contributed by atoms with Crippen LogP contribution in [0.25, 0.3) is 5.57 Å². The Hall–Kier alpha value is -2.50. The maximum atomic E-state index is 12.7. The number of hydrogen-bond acceptors (Lipinski definition) is 4. The molecule has 144 valence electrons. The van der Waals surface area contributed by atoms with Crippen molar-refractivity contribution < 1.29 is 9.59 Å². The Morgan fingerprint density at radius 1 is 0.929 bits per heavy atom. The van der Waals surface area contributed by atoms with Crippen molar-refractivity contribution in [2.75, 3.05) is 30.4 Å². The molecule has 2 aliphatic rings. The van der Waals surface area contributed by atoms with Crippen LogP contribution in [0, 0.1) is 0 Å². The van der Waals surface area contributed by atoms with E-state index in [1.165, 1.54) is 19.9 Å². The van der Waals surface area contributed by atoms with Gasteiger partial charge in [0.2, 0.25) is 0 Å². The fourth-order valence-corrected chi connectivity index (χ4v) is 4.08. The highest BCUT2D eigenvalue weighted by Gasteiger charge is 2.37. The minimum absolute atomic E-state index is 0.214. The highest BCUT2D eigenvalue weighted by Crippen LogP contribution is 2.35. The second-order valence-corrected chi connectivity index (χ2v) is 7.75. The lowest BCUT2D eigenvalue weighted by Gasteiger charge is -2.18. The minimum atomic E-state index is -0.398. The van der Waals surface area contributed by atoms with Gasteiger partial charge in [0.05, 0.1) is 10.6 Å². The molecule has 1 saturated heterocycles. The first-order valence-corrected chi connectivity index (χ1v) is 9.85. The summed E-state index contributed by atoms with van der Waals surface area (Å²) in [4.78, 5) is 28.8. The fourth-order valence-electron chi connectivity index (χ4n) is 3.57. The zero-order valence-corrected chi connectivity index (χ0v) is 16.8. The van der Waals surface area contributed by atoms with E-state index in [1.54, 1.807) is 18.2 Å². The number of amides is 2. The standard InChI is InChI=1S/C21H19Cl2N3O2/c1-25-20(27)18(16-9-4-13(22)12-17(16)23)19(21(25)28)24-14-5-7-15(8-6-14)26-10-2-3-11-26/h4-9,12,24H,2-3,10-11H2,1H3. The molecule has 2 aliphatic heterocycles. The van der Waals surface area contributed by atoms with Crippen molar-refractivity contribution in [3.05, 3.63) is 63.8 Å². The van der Waals surface area contributed by atoms with Crippen LogP contribution in [-0.4, -0.2) is 36.9 Å². The molecule has 4 rings (SSSR count). The summed E-state index contributed by atoms with van der Waals surface area (Å²) < 4.78 is 0. The zero-order chi connectivity index (χ0) is 19.8. The number of imide groups is 1. The van der Waals surface area contributed by atoms with Crippen molar-refractivity contribution in [1.82, 2.24) is 4.90 Å². The van der Waals surface area contributed by atoms with Gasteiger partial charge in [0.15, 0.2) is 0 Å². The van der Waals surface area contributed by atoms with Gasteiger partial charge in [-0.05, 0) is 49.2 Å². The molecule has 0 atom stereocenters. The Morgan fingerprint density at radius 2 is 1.61 bits per heavy atom. The molecule has 2 aromatic rings. The lowest BCUT2D eigenvalue weighted by molar-refractivity contribution is -0.135. The average Bonchev–Trinajstić information content (AvgIpc) is 3.28. The predicted octanol–water partition coefficient (Wildman–Crippen LogP) is 4.42. The van der Waals surface area contributed by atoms with Gasteiger partial charge in [-0.15, -0.1) is 0 Å². The first-order valence-electron chi connectivity index (χ1n) is 9.10. The van der Waals surface area contributed by atoms with Crippen LogP contribution < -0.4 is 10.2 Å². The Labute approximate surface area is 173 Å². The molecule has 2 heterocycles. The summed E-state index contributed by atoms with van der Waals surface area (Å²) in [7, 11) is 1.46. The van der Waals surface area contributed by atoms with E-state index in [9.17, 15) is 9.59 Å². The lowest BCUT2D eigenvalue weighted by atomic mass is 10.0. The second-order valence-electron chi connectivity index (χ2n) is 6.91. The summed E-state index contributed by atoms with van der Waals surface area (Å²) >= 11 is 12.3. The molecule has 0 saturated carbocycles. The molecule has 0 bridgehead atoms. The molecule has 2 amide bonds. The van der Waals surface area contributed by atoms with E-state index in [1.807, 2.05) is 24.3 Å². The summed E-state index contributed by atoms with van der Waals surface area (Å²) in [5.74, 6) is -0.792. The number of nitrogens with one attached hydrogen (secondary N) is 1. The molecular formula is C21H19Cl2N3O2. The Kier molecular flexibility index (Phi) is 5.04.